The zero-order valence-corrected chi connectivity index (χ0v) is 10.8. The minimum atomic E-state index is -0.347. The summed E-state index contributed by atoms with van der Waals surface area (Å²) in [6, 6.07) is 4.79. The van der Waals surface area contributed by atoms with E-state index >= 15 is 0 Å². The van der Waals surface area contributed by atoms with Gasteiger partial charge in [-0.25, -0.2) is 5.43 Å². The molecule has 0 aliphatic rings. The third kappa shape index (κ3) is 5.06. The van der Waals surface area contributed by atoms with Crippen molar-refractivity contribution in [2.24, 2.45) is 5.10 Å². The van der Waals surface area contributed by atoms with Gasteiger partial charge in [-0.15, -0.1) is 0 Å². The molecule has 1 aromatic rings. The average molecular weight is 275 g/mol. The third-order valence-corrected chi connectivity index (χ3v) is 2.25. The Balaban J connectivity index is 2.44. The van der Waals surface area contributed by atoms with Crippen molar-refractivity contribution in [3.05, 3.63) is 28.2 Å². The summed E-state index contributed by atoms with van der Waals surface area (Å²) >= 11 is 11.6. The van der Waals surface area contributed by atoms with Crippen LogP contribution in [0.3, 0.4) is 0 Å². The molecule has 1 N–H and O–H groups in total. The lowest BCUT2D eigenvalue weighted by Crippen LogP contribution is -2.24. The maximum atomic E-state index is 11.3. The largest absolute Gasteiger partial charge is 0.482 e. The molecule has 0 atom stereocenters. The van der Waals surface area contributed by atoms with E-state index < -0.39 is 0 Å². The number of hydrazone groups is 1. The number of rotatable bonds is 5. The van der Waals surface area contributed by atoms with Crippen molar-refractivity contribution >= 4 is 35.3 Å². The summed E-state index contributed by atoms with van der Waals surface area (Å²) < 4.78 is 5.21. The molecule has 0 aromatic heterocycles. The van der Waals surface area contributed by atoms with Crippen LogP contribution in [0.5, 0.6) is 5.75 Å². The van der Waals surface area contributed by atoms with Crippen molar-refractivity contribution in [1.82, 2.24) is 5.43 Å². The van der Waals surface area contributed by atoms with Crippen molar-refractivity contribution < 1.29 is 9.53 Å². The smallest absolute Gasteiger partial charge is 0.277 e. The van der Waals surface area contributed by atoms with E-state index in [1.807, 2.05) is 6.92 Å². The van der Waals surface area contributed by atoms with Crippen LogP contribution >= 0.6 is 23.2 Å². The lowest BCUT2D eigenvalue weighted by atomic mass is 10.3. The van der Waals surface area contributed by atoms with Gasteiger partial charge in [-0.2, -0.15) is 5.10 Å². The van der Waals surface area contributed by atoms with Crippen LogP contribution in [0.1, 0.15) is 13.3 Å². The summed E-state index contributed by atoms with van der Waals surface area (Å²) in [5.41, 5.74) is 2.32. The van der Waals surface area contributed by atoms with Gasteiger partial charge >= 0.3 is 0 Å². The van der Waals surface area contributed by atoms with Gasteiger partial charge in [0.25, 0.3) is 5.91 Å². The predicted octanol–water partition coefficient (Wildman–Crippen LogP) is 2.88. The Bertz CT molecular complexity index is 422. The molecule has 6 heteroatoms. The minimum Gasteiger partial charge on any atom is -0.482 e. The molecule has 0 unspecified atom stereocenters. The van der Waals surface area contributed by atoms with Crippen LogP contribution in [0.25, 0.3) is 0 Å². The molecule has 1 rings (SSSR count). The summed E-state index contributed by atoms with van der Waals surface area (Å²) in [7, 11) is 0. The number of carbonyl (C=O) groups excluding carboxylic acids is 1. The zero-order valence-electron chi connectivity index (χ0n) is 9.24. The van der Waals surface area contributed by atoms with Crippen molar-refractivity contribution in [2.75, 3.05) is 6.61 Å². The first-order valence-corrected chi connectivity index (χ1v) is 5.77. The fourth-order valence-corrected chi connectivity index (χ4v) is 1.44. The van der Waals surface area contributed by atoms with Gasteiger partial charge in [0, 0.05) is 11.2 Å². The van der Waals surface area contributed by atoms with Gasteiger partial charge in [-0.1, -0.05) is 30.1 Å². The predicted molar refractivity (Wildman–Crippen MR) is 68.9 cm³/mol. The molecule has 0 bridgehead atoms. The highest BCUT2D eigenvalue weighted by Gasteiger charge is 2.05. The van der Waals surface area contributed by atoms with Gasteiger partial charge in [0.2, 0.25) is 0 Å². The van der Waals surface area contributed by atoms with Crippen LogP contribution in [0.4, 0.5) is 0 Å². The van der Waals surface area contributed by atoms with E-state index in [2.05, 4.69) is 10.5 Å². The summed E-state index contributed by atoms with van der Waals surface area (Å²) in [5.74, 6) is 0.0615. The van der Waals surface area contributed by atoms with Crippen LogP contribution in [-0.4, -0.2) is 18.7 Å². The summed E-state index contributed by atoms with van der Waals surface area (Å²) in [4.78, 5) is 11.3. The van der Waals surface area contributed by atoms with Gasteiger partial charge in [0.1, 0.15) is 5.75 Å². The molecule has 0 fully saturated rings. The van der Waals surface area contributed by atoms with Crippen LogP contribution in [0.15, 0.2) is 23.3 Å². The van der Waals surface area contributed by atoms with E-state index in [-0.39, 0.29) is 12.5 Å². The van der Waals surface area contributed by atoms with Crippen LogP contribution in [-0.2, 0) is 4.79 Å². The highest BCUT2D eigenvalue weighted by atomic mass is 35.5. The van der Waals surface area contributed by atoms with Crippen LogP contribution < -0.4 is 10.2 Å². The normalized spacial score (nSPS) is 10.5. The van der Waals surface area contributed by atoms with Gasteiger partial charge in [0.05, 0.1) is 5.02 Å². The number of carbonyl (C=O) groups is 1. The fourth-order valence-electron chi connectivity index (χ4n) is 0.977. The molecule has 0 aliphatic heterocycles. The quantitative estimate of drug-likeness (QED) is 0.663. The Hall–Kier alpha value is -1.26. The molecule has 0 saturated heterocycles. The molecule has 0 radical (unpaired) electrons. The highest BCUT2D eigenvalue weighted by Crippen LogP contribution is 2.27. The van der Waals surface area contributed by atoms with E-state index in [9.17, 15) is 4.79 Å². The van der Waals surface area contributed by atoms with Crippen LogP contribution in [0, 0.1) is 0 Å². The van der Waals surface area contributed by atoms with Crippen molar-refractivity contribution in [2.45, 2.75) is 13.3 Å². The molecule has 0 saturated carbocycles. The number of halogens is 2. The SMILES string of the molecule is CC/C=N\NC(=O)COc1ccc(Cl)cc1Cl. The second kappa shape index (κ2) is 7.14. The molecule has 1 amide bonds. The number of hydrogen-bond acceptors (Lipinski definition) is 3. The molecular weight excluding hydrogens is 263 g/mol. The van der Waals surface area contributed by atoms with E-state index in [0.29, 0.717) is 15.8 Å². The summed E-state index contributed by atoms with van der Waals surface area (Å²) in [5, 5.41) is 4.56. The molecule has 0 heterocycles. The molecule has 17 heavy (non-hydrogen) atoms. The van der Waals surface area contributed by atoms with Gasteiger partial charge < -0.3 is 4.74 Å². The fraction of sp³-hybridized carbons (Fsp3) is 0.273. The maximum absolute atomic E-state index is 11.3. The number of nitrogens with zero attached hydrogens (tertiary/aromatic N) is 1. The topological polar surface area (TPSA) is 50.7 Å². The van der Waals surface area contributed by atoms with Gasteiger partial charge in [-0.05, 0) is 24.6 Å². The first-order chi connectivity index (χ1) is 8.13. The Morgan fingerprint density at radius 2 is 2.29 bits per heavy atom. The lowest BCUT2D eigenvalue weighted by molar-refractivity contribution is -0.123. The molecule has 1 aromatic carbocycles. The molecule has 92 valence electrons. The van der Waals surface area contributed by atoms with E-state index in [0.717, 1.165) is 6.42 Å². The van der Waals surface area contributed by atoms with E-state index in [4.69, 9.17) is 27.9 Å². The average Bonchev–Trinajstić information content (AvgIpc) is 2.28. The first-order valence-electron chi connectivity index (χ1n) is 5.01. The Morgan fingerprint density at radius 1 is 1.53 bits per heavy atom. The van der Waals surface area contributed by atoms with Gasteiger partial charge in [-0.3, -0.25) is 4.79 Å². The first kappa shape index (κ1) is 13.8. The van der Waals surface area contributed by atoms with Crippen molar-refractivity contribution in [3.8, 4) is 5.75 Å². The van der Waals surface area contributed by atoms with Crippen LogP contribution in [0.2, 0.25) is 10.0 Å². The molecular formula is C11H12Cl2N2O2. The number of amides is 1. The second-order valence-corrected chi connectivity index (χ2v) is 3.96. The summed E-state index contributed by atoms with van der Waals surface area (Å²) in [6.45, 7) is 1.77. The Kier molecular flexibility index (Phi) is 5.80. The highest BCUT2D eigenvalue weighted by molar-refractivity contribution is 6.35. The summed E-state index contributed by atoms with van der Waals surface area (Å²) in [6.07, 6.45) is 2.34. The number of ether oxygens (including phenoxy) is 1. The van der Waals surface area contributed by atoms with E-state index in [1.165, 1.54) is 0 Å². The van der Waals surface area contributed by atoms with Crippen molar-refractivity contribution in [1.29, 1.82) is 0 Å². The molecule has 0 aliphatic carbocycles. The minimum absolute atomic E-state index is 0.150. The standard InChI is InChI=1S/C11H12Cl2N2O2/c1-2-5-14-15-11(16)7-17-10-4-3-8(12)6-9(10)13/h3-6H,2,7H2,1H3,(H,15,16)/b14-5-. The second-order valence-electron chi connectivity index (χ2n) is 3.12. The third-order valence-electron chi connectivity index (χ3n) is 1.72. The molecule has 4 nitrogen and oxygen atoms in total. The lowest BCUT2D eigenvalue weighted by Gasteiger charge is -2.06. The maximum Gasteiger partial charge on any atom is 0.277 e. The van der Waals surface area contributed by atoms with Crippen molar-refractivity contribution in [3.63, 3.8) is 0 Å². The zero-order chi connectivity index (χ0) is 12.7. The van der Waals surface area contributed by atoms with Gasteiger partial charge in [0.15, 0.2) is 6.61 Å². The van der Waals surface area contributed by atoms with E-state index in [1.54, 1.807) is 24.4 Å². The molecule has 0 spiro atoms. The Labute approximate surface area is 110 Å². The number of benzene rings is 1. The monoisotopic (exact) mass is 274 g/mol. The number of nitrogens with one attached hydrogen (secondary N) is 1. The number of hydrogen-bond donors (Lipinski definition) is 1. The Morgan fingerprint density at radius 3 is 2.94 bits per heavy atom.